The van der Waals surface area contributed by atoms with Crippen LogP contribution in [-0.4, -0.2) is 23.3 Å². The number of amides is 2. The third kappa shape index (κ3) is 6.59. The van der Waals surface area contributed by atoms with E-state index in [2.05, 4.69) is 29.5 Å². The van der Waals surface area contributed by atoms with Gasteiger partial charge >= 0.3 is 0 Å². The van der Waals surface area contributed by atoms with Crippen molar-refractivity contribution in [2.24, 2.45) is 5.92 Å². The highest BCUT2D eigenvalue weighted by Crippen LogP contribution is 2.18. The average Bonchev–Trinajstić information content (AvgIpc) is 3.27. The molecule has 0 fully saturated rings. The number of aromatic nitrogens is 1. The summed E-state index contributed by atoms with van der Waals surface area (Å²) in [6.07, 6.45) is 4.87. The topological polar surface area (TPSA) is 71.1 Å². The molecule has 0 radical (unpaired) electrons. The molecule has 0 saturated carbocycles. The van der Waals surface area contributed by atoms with Crippen LogP contribution in [0, 0.1) is 5.92 Å². The number of nitrogens with zero attached hydrogens (tertiary/aromatic N) is 1. The van der Waals surface area contributed by atoms with Crippen LogP contribution >= 0.6 is 22.7 Å². The molecular formula is C18H25N3O2S2. The van der Waals surface area contributed by atoms with Crippen LogP contribution in [0.4, 0.5) is 5.13 Å². The first-order valence-corrected chi connectivity index (χ1v) is 10.4. The van der Waals surface area contributed by atoms with Gasteiger partial charge in [-0.25, -0.2) is 4.98 Å². The molecular weight excluding hydrogens is 354 g/mol. The number of carbonyl (C=O) groups excluding carboxylic acids is 2. The summed E-state index contributed by atoms with van der Waals surface area (Å²) >= 11 is 2.72. The van der Waals surface area contributed by atoms with Gasteiger partial charge in [0.05, 0.1) is 17.0 Å². The van der Waals surface area contributed by atoms with E-state index in [9.17, 15) is 9.59 Å². The van der Waals surface area contributed by atoms with Crippen molar-refractivity contribution in [3.8, 4) is 0 Å². The molecule has 2 rings (SSSR count). The SMILES string of the molecule is CCCCC(CC)CNC(=O)Cc1csc(NC(=O)c2cccs2)n1. The van der Waals surface area contributed by atoms with Gasteiger partial charge in [0.25, 0.3) is 5.91 Å². The minimum absolute atomic E-state index is 0.0172. The third-order valence-corrected chi connectivity index (χ3v) is 5.67. The summed E-state index contributed by atoms with van der Waals surface area (Å²) in [6, 6.07) is 3.60. The van der Waals surface area contributed by atoms with E-state index in [0.717, 1.165) is 19.4 Å². The van der Waals surface area contributed by atoms with Crippen molar-refractivity contribution < 1.29 is 9.59 Å². The van der Waals surface area contributed by atoms with Crippen molar-refractivity contribution in [1.29, 1.82) is 0 Å². The first kappa shape index (κ1) is 19.6. The number of thiazole rings is 1. The van der Waals surface area contributed by atoms with Gasteiger partial charge in [-0.15, -0.1) is 22.7 Å². The van der Waals surface area contributed by atoms with Gasteiger partial charge in [0, 0.05) is 11.9 Å². The van der Waals surface area contributed by atoms with Crippen LogP contribution < -0.4 is 10.6 Å². The highest BCUT2D eigenvalue weighted by atomic mass is 32.1. The molecule has 2 N–H and O–H groups in total. The zero-order valence-electron chi connectivity index (χ0n) is 14.7. The van der Waals surface area contributed by atoms with E-state index in [0.29, 0.717) is 21.6 Å². The summed E-state index contributed by atoms with van der Waals surface area (Å²) in [5.74, 6) is 0.360. The molecule has 0 bridgehead atoms. The second-order valence-electron chi connectivity index (χ2n) is 5.97. The molecule has 0 spiro atoms. The van der Waals surface area contributed by atoms with Gasteiger partial charge in [0.2, 0.25) is 5.91 Å². The summed E-state index contributed by atoms with van der Waals surface area (Å²) in [4.78, 5) is 29.1. The van der Waals surface area contributed by atoms with Gasteiger partial charge in [-0.2, -0.15) is 0 Å². The van der Waals surface area contributed by atoms with Crippen molar-refractivity contribution in [2.45, 2.75) is 46.0 Å². The Morgan fingerprint density at radius 2 is 2.12 bits per heavy atom. The maximum absolute atomic E-state index is 12.1. The van der Waals surface area contributed by atoms with Gasteiger partial charge in [-0.05, 0) is 23.8 Å². The van der Waals surface area contributed by atoms with Crippen molar-refractivity contribution in [3.63, 3.8) is 0 Å². The Labute approximate surface area is 156 Å². The Kier molecular flexibility index (Phi) is 8.08. The zero-order chi connectivity index (χ0) is 18.1. The van der Waals surface area contributed by atoms with E-state index in [1.165, 1.54) is 35.5 Å². The van der Waals surface area contributed by atoms with Crippen LogP contribution in [-0.2, 0) is 11.2 Å². The van der Waals surface area contributed by atoms with Crippen LogP contribution in [0.1, 0.15) is 54.9 Å². The van der Waals surface area contributed by atoms with Crippen molar-refractivity contribution in [1.82, 2.24) is 10.3 Å². The van der Waals surface area contributed by atoms with E-state index >= 15 is 0 Å². The lowest BCUT2D eigenvalue weighted by Crippen LogP contribution is -2.30. The minimum atomic E-state index is -0.165. The summed E-state index contributed by atoms with van der Waals surface area (Å²) < 4.78 is 0. The standard InChI is InChI=1S/C18H25N3O2S2/c1-3-5-7-13(4-2)11-19-16(22)10-14-12-25-18(20-14)21-17(23)15-8-6-9-24-15/h6,8-9,12-13H,3-5,7,10-11H2,1-2H3,(H,19,22)(H,20,21,23). The van der Waals surface area contributed by atoms with Gasteiger partial charge in [-0.1, -0.05) is 39.2 Å². The highest BCUT2D eigenvalue weighted by Gasteiger charge is 2.13. The fraction of sp³-hybridized carbons (Fsp3) is 0.500. The summed E-state index contributed by atoms with van der Waals surface area (Å²) in [5.41, 5.74) is 0.686. The van der Waals surface area contributed by atoms with Crippen molar-refractivity contribution in [2.75, 3.05) is 11.9 Å². The molecule has 5 nitrogen and oxygen atoms in total. The second kappa shape index (κ2) is 10.3. The van der Waals surface area contributed by atoms with Gasteiger partial charge in [0.15, 0.2) is 5.13 Å². The number of carbonyl (C=O) groups is 2. The predicted octanol–water partition coefficient (Wildman–Crippen LogP) is 4.33. The van der Waals surface area contributed by atoms with Crippen molar-refractivity contribution in [3.05, 3.63) is 33.5 Å². The van der Waals surface area contributed by atoms with Crippen LogP contribution in [0.2, 0.25) is 0 Å². The van der Waals surface area contributed by atoms with Crippen molar-refractivity contribution >= 4 is 39.6 Å². The lowest BCUT2D eigenvalue weighted by molar-refractivity contribution is -0.120. The van der Waals surface area contributed by atoms with Crippen LogP contribution in [0.5, 0.6) is 0 Å². The Morgan fingerprint density at radius 3 is 2.80 bits per heavy atom. The number of nitrogens with one attached hydrogen (secondary N) is 2. The fourth-order valence-corrected chi connectivity index (χ4v) is 3.76. The van der Waals surface area contributed by atoms with Crippen LogP contribution in [0.25, 0.3) is 0 Å². The molecule has 1 unspecified atom stereocenters. The lowest BCUT2D eigenvalue weighted by atomic mass is 9.99. The molecule has 0 aromatic carbocycles. The maximum atomic E-state index is 12.1. The van der Waals surface area contributed by atoms with E-state index in [4.69, 9.17) is 0 Å². The molecule has 0 aliphatic heterocycles. The summed E-state index contributed by atoms with van der Waals surface area (Å²) in [7, 11) is 0. The molecule has 2 aromatic heterocycles. The average molecular weight is 380 g/mol. The maximum Gasteiger partial charge on any atom is 0.267 e. The van der Waals surface area contributed by atoms with Gasteiger partial charge in [0.1, 0.15) is 0 Å². The molecule has 2 aromatic rings. The molecule has 0 aliphatic carbocycles. The van der Waals surface area contributed by atoms with E-state index in [1.807, 2.05) is 16.8 Å². The van der Waals surface area contributed by atoms with Gasteiger partial charge in [-0.3, -0.25) is 14.9 Å². The molecule has 7 heteroatoms. The highest BCUT2D eigenvalue weighted by molar-refractivity contribution is 7.14. The Hall–Kier alpha value is -1.73. The minimum Gasteiger partial charge on any atom is -0.355 e. The number of anilines is 1. The van der Waals surface area contributed by atoms with E-state index in [1.54, 1.807) is 6.07 Å². The molecule has 0 aliphatic rings. The third-order valence-electron chi connectivity index (χ3n) is 3.99. The lowest BCUT2D eigenvalue weighted by Gasteiger charge is -2.14. The summed E-state index contributed by atoms with van der Waals surface area (Å²) in [5, 5.41) is 9.97. The monoisotopic (exact) mass is 379 g/mol. The number of hydrogen-bond acceptors (Lipinski definition) is 5. The number of rotatable bonds is 10. The van der Waals surface area contributed by atoms with E-state index < -0.39 is 0 Å². The smallest absolute Gasteiger partial charge is 0.267 e. The van der Waals surface area contributed by atoms with Gasteiger partial charge < -0.3 is 5.32 Å². The number of unbranched alkanes of at least 4 members (excludes halogenated alkanes) is 1. The quantitative estimate of drug-likeness (QED) is 0.645. The Balaban J connectivity index is 1.78. The second-order valence-corrected chi connectivity index (χ2v) is 7.78. The molecule has 2 heterocycles. The summed E-state index contributed by atoms with van der Waals surface area (Å²) in [6.45, 7) is 5.07. The van der Waals surface area contributed by atoms with Crippen LogP contribution in [0.3, 0.4) is 0 Å². The zero-order valence-corrected chi connectivity index (χ0v) is 16.3. The molecule has 0 saturated heterocycles. The first-order chi connectivity index (χ1) is 12.1. The first-order valence-electron chi connectivity index (χ1n) is 8.68. The fourth-order valence-electron chi connectivity index (χ4n) is 2.44. The number of thiophene rings is 1. The normalized spacial score (nSPS) is 11.9. The molecule has 136 valence electrons. The van der Waals surface area contributed by atoms with E-state index in [-0.39, 0.29) is 18.2 Å². The Bertz CT molecular complexity index is 668. The predicted molar refractivity (Wildman–Crippen MR) is 104 cm³/mol. The largest absolute Gasteiger partial charge is 0.355 e. The molecule has 25 heavy (non-hydrogen) atoms. The van der Waals surface area contributed by atoms with Crippen LogP contribution in [0.15, 0.2) is 22.9 Å². The molecule has 2 amide bonds. The Morgan fingerprint density at radius 1 is 1.28 bits per heavy atom. The number of hydrogen-bond donors (Lipinski definition) is 2. The molecule has 1 atom stereocenters.